The Morgan fingerprint density at radius 2 is 2.00 bits per heavy atom. The van der Waals surface area contributed by atoms with Crippen LogP contribution in [0.5, 0.6) is 0 Å². The Balaban J connectivity index is 2.31. The molecule has 0 atom stereocenters. The summed E-state index contributed by atoms with van der Waals surface area (Å²) >= 11 is 0. The fourth-order valence-electron chi connectivity index (χ4n) is 1.92. The average Bonchev–Trinajstić information content (AvgIpc) is 2.35. The summed E-state index contributed by atoms with van der Waals surface area (Å²) < 4.78 is 4.67. The first-order valence-corrected chi connectivity index (χ1v) is 5.65. The van der Waals surface area contributed by atoms with Crippen LogP contribution in [0.1, 0.15) is 25.7 Å². The van der Waals surface area contributed by atoms with Crippen molar-refractivity contribution in [3.8, 4) is 0 Å². The Labute approximate surface area is 95.4 Å². The quantitative estimate of drug-likeness (QED) is 0.698. The van der Waals surface area contributed by atoms with E-state index in [0.717, 1.165) is 0 Å². The highest BCUT2D eigenvalue weighted by Crippen LogP contribution is 2.19. The molecule has 1 aliphatic heterocycles. The maximum Gasteiger partial charge on any atom is 0.308 e. The molecule has 5 nitrogen and oxygen atoms in total. The van der Waals surface area contributed by atoms with Crippen LogP contribution >= 0.6 is 0 Å². The molecule has 0 bridgehead atoms. The predicted octanol–water partition coefficient (Wildman–Crippen LogP) is 0.170. The van der Waals surface area contributed by atoms with Gasteiger partial charge in [0.25, 0.3) is 0 Å². The molecule has 0 aromatic rings. The molecule has 1 amide bonds. The second kappa shape index (κ2) is 6.48. The predicted molar refractivity (Wildman–Crippen MR) is 57.6 cm³/mol. The normalized spacial score (nSPS) is 17.2. The van der Waals surface area contributed by atoms with Crippen LogP contribution in [-0.2, 0) is 14.3 Å². The van der Waals surface area contributed by atoms with Crippen LogP contribution in [0.2, 0.25) is 0 Å². The highest BCUT2D eigenvalue weighted by atomic mass is 16.5. The van der Waals surface area contributed by atoms with E-state index in [2.05, 4.69) is 4.74 Å². The standard InChI is InChI=1S/C11H19NO4/c1-16-11(15)9-4-6-12(7-5-9)10(14)3-2-8-13/h9,13H,2-8H2,1H3. The van der Waals surface area contributed by atoms with Gasteiger partial charge < -0.3 is 14.7 Å². The number of carbonyl (C=O) groups excluding carboxylic acids is 2. The van der Waals surface area contributed by atoms with E-state index >= 15 is 0 Å². The minimum absolute atomic E-state index is 0.0460. The van der Waals surface area contributed by atoms with E-state index in [1.54, 1.807) is 4.90 Å². The highest BCUT2D eigenvalue weighted by Gasteiger charge is 2.27. The van der Waals surface area contributed by atoms with Gasteiger partial charge in [-0.2, -0.15) is 0 Å². The number of amides is 1. The number of methoxy groups -OCH3 is 1. The third kappa shape index (κ3) is 3.48. The summed E-state index contributed by atoms with van der Waals surface area (Å²) in [6, 6.07) is 0. The molecule has 1 aliphatic rings. The first-order valence-electron chi connectivity index (χ1n) is 5.65. The van der Waals surface area contributed by atoms with Gasteiger partial charge in [0.2, 0.25) is 5.91 Å². The van der Waals surface area contributed by atoms with Crippen molar-refractivity contribution < 1.29 is 19.4 Å². The molecule has 1 N–H and O–H groups in total. The third-order valence-corrected chi connectivity index (χ3v) is 2.93. The number of rotatable bonds is 4. The molecular formula is C11H19NO4. The molecule has 0 saturated carbocycles. The number of carbonyl (C=O) groups is 2. The van der Waals surface area contributed by atoms with Crippen molar-refractivity contribution in [2.45, 2.75) is 25.7 Å². The van der Waals surface area contributed by atoms with E-state index in [1.807, 2.05) is 0 Å². The van der Waals surface area contributed by atoms with Gasteiger partial charge in [-0.3, -0.25) is 9.59 Å². The molecule has 1 heterocycles. The largest absolute Gasteiger partial charge is 0.469 e. The number of aliphatic hydroxyl groups excluding tert-OH is 1. The summed E-state index contributed by atoms with van der Waals surface area (Å²) in [5, 5.41) is 8.63. The fourth-order valence-corrected chi connectivity index (χ4v) is 1.92. The van der Waals surface area contributed by atoms with E-state index in [4.69, 9.17) is 5.11 Å². The van der Waals surface area contributed by atoms with Crippen LogP contribution in [0.25, 0.3) is 0 Å². The first-order chi connectivity index (χ1) is 7.69. The lowest BCUT2D eigenvalue weighted by atomic mass is 9.97. The van der Waals surface area contributed by atoms with Gasteiger partial charge in [-0.1, -0.05) is 0 Å². The summed E-state index contributed by atoms with van der Waals surface area (Å²) in [5.41, 5.74) is 0. The van der Waals surface area contributed by atoms with Crippen molar-refractivity contribution in [3.05, 3.63) is 0 Å². The number of esters is 1. The number of ether oxygens (including phenoxy) is 1. The van der Waals surface area contributed by atoms with E-state index in [1.165, 1.54) is 7.11 Å². The SMILES string of the molecule is COC(=O)C1CCN(C(=O)CCCO)CC1. The molecule has 1 fully saturated rings. The summed E-state index contributed by atoms with van der Waals surface area (Å²) in [4.78, 5) is 24.6. The number of aliphatic hydroxyl groups is 1. The second-order valence-electron chi connectivity index (χ2n) is 4.01. The lowest BCUT2D eigenvalue weighted by Gasteiger charge is -2.30. The number of hydrogen-bond acceptors (Lipinski definition) is 4. The zero-order valence-electron chi connectivity index (χ0n) is 9.65. The molecule has 0 aromatic carbocycles. The smallest absolute Gasteiger partial charge is 0.308 e. The van der Waals surface area contributed by atoms with Crippen molar-refractivity contribution in [2.24, 2.45) is 5.92 Å². The second-order valence-corrected chi connectivity index (χ2v) is 4.01. The Kier molecular flexibility index (Phi) is 5.25. The van der Waals surface area contributed by atoms with Crippen LogP contribution in [0, 0.1) is 5.92 Å². The summed E-state index contributed by atoms with van der Waals surface area (Å²) in [6.07, 6.45) is 2.25. The van der Waals surface area contributed by atoms with E-state index in [-0.39, 0.29) is 24.4 Å². The monoisotopic (exact) mass is 229 g/mol. The van der Waals surface area contributed by atoms with Gasteiger partial charge in [-0.25, -0.2) is 0 Å². The molecule has 16 heavy (non-hydrogen) atoms. The first kappa shape index (κ1) is 13.0. The van der Waals surface area contributed by atoms with Gasteiger partial charge in [-0.15, -0.1) is 0 Å². The van der Waals surface area contributed by atoms with Crippen LogP contribution in [0.15, 0.2) is 0 Å². The maximum absolute atomic E-state index is 11.6. The van der Waals surface area contributed by atoms with Crippen molar-refractivity contribution in [3.63, 3.8) is 0 Å². The molecule has 0 aliphatic carbocycles. The Hall–Kier alpha value is -1.10. The zero-order valence-corrected chi connectivity index (χ0v) is 9.65. The fraction of sp³-hybridized carbons (Fsp3) is 0.818. The van der Waals surface area contributed by atoms with E-state index < -0.39 is 0 Å². The molecule has 1 rings (SSSR count). The summed E-state index contributed by atoms with van der Waals surface area (Å²) in [6.45, 7) is 1.28. The topological polar surface area (TPSA) is 66.8 Å². The highest BCUT2D eigenvalue weighted by molar-refractivity contribution is 5.77. The number of piperidine rings is 1. The number of likely N-dealkylation sites (tertiary alicyclic amines) is 1. The van der Waals surface area contributed by atoms with Crippen molar-refractivity contribution in [1.29, 1.82) is 0 Å². The van der Waals surface area contributed by atoms with Crippen LogP contribution in [0.4, 0.5) is 0 Å². The van der Waals surface area contributed by atoms with Crippen LogP contribution < -0.4 is 0 Å². The third-order valence-electron chi connectivity index (χ3n) is 2.93. The number of nitrogens with zero attached hydrogens (tertiary/aromatic N) is 1. The molecule has 0 spiro atoms. The maximum atomic E-state index is 11.6. The Morgan fingerprint density at radius 3 is 2.50 bits per heavy atom. The van der Waals surface area contributed by atoms with Gasteiger partial charge in [0, 0.05) is 26.1 Å². The average molecular weight is 229 g/mol. The van der Waals surface area contributed by atoms with E-state index in [9.17, 15) is 9.59 Å². The van der Waals surface area contributed by atoms with Crippen molar-refractivity contribution >= 4 is 11.9 Å². The molecule has 0 unspecified atom stereocenters. The molecule has 1 saturated heterocycles. The molecular weight excluding hydrogens is 210 g/mol. The van der Waals surface area contributed by atoms with Gasteiger partial charge >= 0.3 is 5.97 Å². The van der Waals surface area contributed by atoms with Crippen molar-refractivity contribution in [2.75, 3.05) is 26.8 Å². The van der Waals surface area contributed by atoms with Crippen molar-refractivity contribution in [1.82, 2.24) is 4.90 Å². The Morgan fingerprint density at radius 1 is 1.38 bits per heavy atom. The lowest BCUT2D eigenvalue weighted by Crippen LogP contribution is -2.40. The minimum atomic E-state index is -0.178. The summed E-state index contributed by atoms with van der Waals surface area (Å²) in [5.74, 6) is -0.174. The molecule has 0 radical (unpaired) electrons. The zero-order chi connectivity index (χ0) is 12.0. The Bertz CT molecular complexity index is 246. The van der Waals surface area contributed by atoms with Crippen LogP contribution in [0.3, 0.4) is 0 Å². The van der Waals surface area contributed by atoms with Gasteiger partial charge in [0.05, 0.1) is 13.0 Å². The van der Waals surface area contributed by atoms with Gasteiger partial charge in [0.15, 0.2) is 0 Å². The number of hydrogen-bond donors (Lipinski definition) is 1. The molecule has 92 valence electrons. The molecule has 5 heteroatoms. The molecule has 0 aromatic heterocycles. The van der Waals surface area contributed by atoms with E-state index in [0.29, 0.717) is 38.8 Å². The van der Waals surface area contributed by atoms with Gasteiger partial charge in [-0.05, 0) is 19.3 Å². The van der Waals surface area contributed by atoms with Crippen LogP contribution in [-0.4, -0.2) is 48.7 Å². The summed E-state index contributed by atoms with van der Waals surface area (Å²) in [7, 11) is 1.39. The lowest BCUT2D eigenvalue weighted by molar-refractivity contribution is -0.148. The van der Waals surface area contributed by atoms with Gasteiger partial charge in [0.1, 0.15) is 0 Å². The minimum Gasteiger partial charge on any atom is -0.469 e.